The quantitative estimate of drug-likeness (QED) is 0.358. The highest BCUT2D eigenvalue weighted by molar-refractivity contribution is 5.95. The summed E-state index contributed by atoms with van der Waals surface area (Å²) in [4.78, 5) is 26.2. The maximum Gasteiger partial charge on any atom is 0.302 e. The zero-order valence-corrected chi connectivity index (χ0v) is 23.9. The van der Waals surface area contributed by atoms with Crippen molar-refractivity contribution in [2.75, 3.05) is 0 Å². The predicted octanol–water partition coefficient (Wildman–Crippen LogP) is 7.77. The van der Waals surface area contributed by atoms with Gasteiger partial charge in [0.15, 0.2) is 5.78 Å². The summed E-state index contributed by atoms with van der Waals surface area (Å²) in [6.45, 7) is 21.0. The van der Waals surface area contributed by atoms with Crippen molar-refractivity contribution >= 4 is 11.8 Å². The lowest BCUT2D eigenvalue weighted by atomic mass is 9.33. The largest absolute Gasteiger partial charge is 0.462 e. The Hall–Kier alpha value is -1.12. The van der Waals surface area contributed by atoms with Gasteiger partial charge < -0.3 is 4.74 Å². The van der Waals surface area contributed by atoms with Crippen molar-refractivity contribution in [3.05, 3.63) is 11.6 Å². The third-order valence-corrected chi connectivity index (χ3v) is 13.4. The Bertz CT molecular complexity index is 962. The van der Waals surface area contributed by atoms with Gasteiger partial charge in [-0.1, -0.05) is 61.0 Å². The van der Waals surface area contributed by atoms with E-state index in [4.69, 9.17) is 4.74 Å². The maximum absolute atomic E-state index is 14.4. The van der Waals surface area contributed by atoms with Crippen molar-refractivity contribution in [1.29, 1.82) is 0 Å². The summed E-state index contributed by atoms with van der Waals surface area (Å²) in [6.07, 6.45) is 11.3. The SMILES string of the molecule is CC(=O)O[C@@H]1CC[C@@]2(C)C(CC[C@]3(C)C2C(=O)C=C2C4[C@@H](C)[C@H](C)CC[C@]4(C)CC[C@]23C)C1(C)C. The molecule has 0 saturated heterocycles. The highest BCUT2D eigenvalue weighted by atomic mass is 16.5. The molecule has 10 atom stereocenters. The molecule has 0 spiro atoms. The van der Waals surface area contributed by atoms with Crippen molar-refractivity contribution in [2.45, 2.75) is 120 Å². The molecule has 0 bridgehead atoms. The number of allylic oxidation sites excluding steroid dienone is 2. The van der Waals surface area contributed by atoms with Crippen LogP contribution in [0.5, 0.6) is 0 Å². The first-order chi connectivity index (χ1) is 16.1. The minimum absolute atomic E-state index is 0.00843. The molecule has 5 aliphatic carbocycles. The van der Waals surface area contributed by atoms with E-state index in [-0.39, 0.29) is 39.7 Å². The summed E-state index contributed by atoms with van der Waals surface area (Å²) >= 11 is 0. The molecule has 5 rings (SSSR count). The molecule has 4 fully saturated rings. The molecule has 0 N–H and O–H groups in total. The second-order valence-electron chi connectivity index (χ2n) is 15.2. The van der Waals surface area contributed by atoms with Crippen LogP contribution < -0.4 is 0 Å². The number of ketones is 1. The van der Waals surface area contributed by atoms with E-state index in [1.54, 1.807) is 0 Å². The van der Waals surface area contributed by atoms with Crippen LogP contribution in [0.15, 0.2) is 11.6 Å². The van der Waals surface area contributed by atoms with Crippen LogP contribution in [0.25, 0.3) is 0 Å². The average molecular weight is 483 g/mol. The molecule has 196 valence electrons. The molecule has 3 unspecified atom stereocenters. The average Bonchev–Trinajstić information content (AvgIpc) is 2.74. The normalized spacial score (nSPS) is 52.8. The van der Waals surface area contributed by atoms with Gasteiger partial charge in [0.25, 0.3) is 0 Å². The number of carbonyl (C=O) groups excluding carboxylic acids is 2. The predicted molar refractivity (Wildman–Crippen MR) is 141 cm³/mol. The fourth-order valence-corrected chi connectivity index (χ4v) is 11.1. The zero-order chi connectivity index (χ0) is 25.8. The monoisotopic (exact) mass is 482 g/mol. The molecular formula is C32H50O3. The summed E-state index contributed by atoms with van der Waals surface area (Å²) in [7, 11) is 0. The van der Waals surface area contributed by atoms with Crippen LogP contribution in [0, 0.1) is 56.7 Å². The summed E-state index contributed by atoms with van der Waals surface area (Å²) < 4.78 is 5.85. The Morgan fingerprint density at radius 3 is 2.26 bits per heavy atom. The number of carbonyl (C=O) groups is 2. The van der Waals surface area contributed by atoms with E-state index in [1.807, 2.05) is 0 Å². The van der Waals surface area contributed by atoms with Crippen LogP contribution in [0.2, 0.25) is 0 Å². The minimum Gasteiger partial charge on any atom is -0.462 e. The smallest absolute Gasteiger partial charge is 0.302 e. The van der Waals surface area contributed by atoms with Crippen molar-refractivity contribution in [1.82, 2.24) is 0 Å². The molecule has 35 heavy (non-hydrogen) atoms. The number of hydrogen-bond acceptors (Lipinski definition) is 3. The zero-order valence-electron chi connectivity index (χ0n) is 23.9. The van der Waals surface area contributed by atoms with Gasteiger partial charge in [-0.3, -0.25) is 9.59 Å². The molecule has 0 radical (unpaired) electrons. The lowest BCUT2D eigenvalue weighted by Gasteiger charge is -2.70. The topological polar surface area (TPSA) is 43.4 Å². The van der Waals surface area contributed by atoms with Gasteiger partial charge in [-0.15, -0.1) is 0 Å². The van der Waals surface area contributed by atoms with Crippen LogP contribution in [0.1, 0.15) is 114 Å². The Labute approximate surface area is 214 Å². The van der Waals surface area contributed by atoms with Gasteiger partial charge in [0, 0.05) is 18.3 Å². The molecule has 0 aliphatic heterocycles. The van der Waals surface area contributed by atoms with E-state index < -0.39 is 0 Å². The first-order valence-corrected chi connectivity index (χ1v) is 14.5. The fraction of sp³-hybridized carbons (Fsp3) is 0.875. The summed E-state index contributed by atoms with van der Waals surface area (Å²) in [5.74, 6) is 2.57. The number of hydrogen-bond donors (Lipinski definition) is 0. The third-order valence-electron chi connectivity index (χ3n) is 13.4. The second-order valence-corrected chi connectivity index (χ2v) is 15.2. The van der Waals surface area contributed by atoms with Gasteiger partial charge in [-0.2, -0.15) is 0 Å². The van der Waals surface area contributed by atoms with E-state index in [9.17, 15) is 9.59 Å². The number of esters is 1. The Kier molecular flexibility index (Phi) is 5.62. The van der Waals surface area contributed by atoms with Crippen LogP contribution in [-0.2, 0) is 14.3 Å². The van der Waals surface area contributed by atoms with E-state index in [2.05, 4.69) is 61.5 Å². The molecule has 3 heteroatoms. The van der Waals surface area contributed by atoms with Crippen LogP contribution in [0.4, 0.5) is 0 Å². The molecule has 4 saturated carbocycles. The van der Waals surface area contributed by atoms with E-state index >= 15 is 0 Å². The number of fused-ring (bicyclic) bond motifs is 7. The van der Waals surface area contributed by atoms with Crippen molar-refractivity contribution in [2.24, 2.45) is 56.7 Å². The maximum atomic E-state index is 14.4. The first kappa shape index (κ1) is 25.5. The van der Waals surface area contributed by atoms with Crippen LogP contribution in [-0.4, -0.2) is 17.9 Å². The minimum atomic E-state index is -0.178. The van der Waals surface area contributed by atoms with Crippen molar-refractivity contribution < 1.29 is 14.3 Å². The molecule has 0 amide bonds. The molecule has 5 aliphatic rings. The lowest BCUT2D eigenvalue weighted by molar-refractivity contribution is -0.210. The molecule has 0 aromatic heterocycles. The van der Waals surface area contributed by atoms with Gasteiger partial charge >= 0.3 is 5.97 Å². The van der Waals surface area contributed by atoms with Gasteiger partial charge in [-0.25, -0.2) is 0 Å². The van der Waals surface area contributed by atoms with E-state index in [1.165, 1.54) is 38.2 Å². The number of ether oxygens (including phenoxy) is 1. The van der Waals surface area contributed by atoms with E-state index in [0.29, 0.717) is 29.0 Å². The fourth-order valence-electron chi connectivity index (χ4n) is 11.1. The molecule has 0 aromatic carbocycles. The summed E-state index contributed by atoms with van der Waals surface area (Å²) in [5, 5.41) is 0. The van der Waals surface area contributed by atoms with Crippen LogP contribution in [0.3, 0.4) is 0 Å². The molecular weight excluding hydrogens is 432 g/mol. The Morgan fingerprint density at radius 1 is 0.914 bits per heavy atom. The Morgan fingerprint density at radius 2 is 1.60 bits per heavy atom. The molecule has 3 nitrogen and oxygen atoms in total. The standard InChI is InChI=1S/C32H50O3/c1-19-10-13-29(6)16-17-31(8)22(26(29)20(19)2)18-23(34)27-30(7)14-12-25(35-21(3)33)28(4,5)24(30)11-15-32(27,31)9/h18-20,24-27H,10-17H2,1-9H3/t19-,20+,24?,25-,26?,27?,29-,30+,31-,32-/m1/s1. The summed E-state index contributed by atoms with van der Waals surface area (Å²) in [6, 6.07) is 0. The van der Waals surface area contributed by atoms with Gasteiger partial charge in [0.2, 0.25) is 0 Å². The Balaban J connectivity index is 1.59. The third kappa shape index (κ3) is 3.21. The van der Waals surface area contributed by atoms with Crippen LogP contribution >= 0.6 is 0 Å². The first-order valence-electron chi connectivity index (χ1n) is 14.5. The lowest BCUT2D eigenvalue weighted by Crippen LogP contribution is -2.67. The van der Waals surface area contributed by atoms with Crippen molar-refractivity contribution in [3.63, 3.8) is 0 Å². The highest BCUT2D eigenvalue weighted by Crippen LogP contribution is 2.75. The number of rotatable bonds is 1. The second kappa shape index (κ2) is 7.70. The molecule has 0 aromatic rings. The van der Waals surface area contributed by atoms with Gasteiger partial charge in [-0.05, 0) is 103 Å². The highest BCUT2D eigenvalue weighted by Gasteiger charge is 2.70. The van der Waals surface area contributed by atoms with E-state index in [0.717, 1.165) is 31.6 Å². The van der Waals surface area contributed by atoms with Gasteiger partial charge in [0.05, 0.1) is 0 Å². The van der Waals surface area contributed by atoms with Crippen molar-refractivity contribution in [3.8, 4) is 0 Å². The molecule has 0 heterocycles. The van der Waals surface area contributed by atoms with Gasteiger partial charge in [0.1, 0.15) is 6.10 Å². The summed E-state index contributed by atoms with van der Waals surface area (Å²) in [5.41, 5.74) is 1.76.